The average Bonchev–Trinajstić information content (AvgIpc) is 3.49. The molecule has 0 radical (unpaired) electrons. The highest BCUT2D eigenvalue weighted by molar-refractivity contribution is 6.32. The van der Waals surface area contributed by atoms with E-state index >= 15 is 0 Å². The first-order valence-electron chi connectivity index (χ1n) is 17.3. The highest BCUT2D eigenvalue weighted by Gasteiger charge is 2.46. The van der Waals surface area contributed by atoms with Gasteiger partial charge in [0.1, 0.15) is 0 Å². The lowest BCUT2D eigenvalue weighted by molar-refractivity contribution is -0.183. The molecule has 4 aliphatic rings. The van der Waals surface area contributed by atoms with Gasteiger partial charge < -0.3 is 24.6 Å². The van der Waals surface area contributed by atoms with E-state index in [0.717, 1.165) is 56.8 Å². The van der Waals surface area contributed by atoms with Crippen molar-refractivity contribution in [1.82, 2.24) is 0 Å². The molecule has 1 saturated carbocycles. The number of anilines is 3. The number of hydrogen-bond donors (Lipinski definition) is 1. The third-order valence-corrected chi connectivity index (χ3v) is 11.1. The summed E-state index contributed by atoms with van der Waals surface area (Å²) in [5.74, 6) is 0.866. The maximum absolute atomic E-state index is 9.61. The molecule has 1 N–H and O–H groups in total. The van der Waals surface area contributed by atoms with Crippen LogP contribution in [0, 0.1) is 22.7 Å². The van der Waals surface area contributed by atoms with Crippen LogP contribution >= 0.6 is 11.6 Å². The second-order valence-corrected chi connectivity index (χ2v) is 14.2. The summed E-state index contributed by atoms with van der Waals surface area (Å²) in [6.45, 7) is 11.1. The molecule has 1 spiro atoms. The number of unbranched alkanes of at least 4 members (excludes halogenated alkanes) is 2. The number of nitrogens with one attached hydrogen (secondary N) is 1. The molecule has 2 aromatic rings. The van der Waals surface area contributed by atoms with Crippen LogP contribution in [0.4, 0.5) is 17.1 Å². The van der Waals surface area contributed by atoms with E-state index in [-0.39, 0.29) is 12.2 Å². The molecule has 3 fully saturated rings. The molecular weight excluding hydrogens is 568 g/mol. The van der Waals surface area contributed by atoms with Crippen molar-refractivity contribution < 1.29 is 9.47 Å². The summed E-state index contributed by atoms with van der Waals surface area (Å²) in [6, 6.07) is 16.0. The van der Waals surface area contributed by atoms with E-state index in [4.69, 9.17) is 21.1 Å². The van der Waals surface area contributed by atoms with Crippen LogP contribution < -0.4 is 15.1 Å². The van der Waals surface area contributed by atoms with Crippen molar-refractivity contribution in [3.05, 3.63) is 52.5 Å². The molecule has 44 heavy (non-hydrogen) atoms. The standard InChI is InChI=1S/C37H51ClN4O2/c1-3-5-20-43-36(44-21-6-4-2)28-15-17-37(18-16-28)25-42(26-37)31-11-9-27(10-12-31)29-8-7-19-41(24-29)33-14-13-32(38)34-30(22-39)23-40-35(33)34/h9-14,28-30,36,40H,3-8,15-21,23-26H2,1-2H3. The van der Waals surface area contributed by atoms with Gasteiger partial charge in [0.2, 0.25) is 0 Å². The average molecular weight is 619 g/mol. The van der Waals surface area contributed by atoms with Crippen molar-refractivity contribution in [2.75, 3.05) is 61.1 Å². The lowest BCUT2D eigenvalue weighted by Gasteiger charge is -2.55. The summed E-state index contributed by atoms with van der Waals surface area (Å²) in [5, 5.41) is 13.8. The third kappa shape index (κ3) is 6.71. The van der Waals surface area contributed by atoms with Crippen molar-refractivity contribution >= 4 is 28.7 Å². The van der Waals surface area contributed by atoms with Gasteiger partial charge in [-0.1, -0.05) is 50.4 Å². The first-order valence-corrected chi connectivity index (χ1v) is 17.7. The summed E-state index contributed by atoms with van der Waals surface area (Å²) in [5.41, 5.74) is 6.48. The van der Waals surface area contributed by atoms with Crippen LogP contribution in [0.15, 0.2) is 36.4 Å². The first-order chi connectivity index (χ1) is 21.5. The molecule has 2 aromatic carbocycles. The Morgan fingerprint density at radius 3 is 2.34 bits per heavy atom. The van der Waals surface area contributed by atoms with Crippen molar-refractivity contribution in [3.8, 4) is 6.07 Å². The number of ether oxygens (including phenoxy) is 2. The molecule has 0 amide bonds. The van der Waals surface area contributed by atoms with Gasteiger partial charge in [0.15, 0.2) is 6.29 Å². The molecule has 6 nitrogen and oxygen atoms in total. The quantitative estimate of drug-likeness (QED) is 0.190. The number of hydrogen-bond acceptors (Lipinski definition) is 6. The molecule has 3 heterocycles. The van der Waals surface area contributed by atoms with Gasteiger partial charge in [-0.15, -0.1) is 0 Å². The summed E-state index contributed by atoms with van der Waals surface area (Å²) in [7, 11) is 0. The van der Waals surface area contributed by atoms with Crippen LogP contribution in [0.25, 0.3) is 0 Å². The van der Waals surface area contributed by atoms with E-state index in [0.29, 0.717) is 28.8 Å². The second-order valence-electron chi connectivity index (χ2n) is 13.8. The van der Waals surface area contributed by atoms with E-state index in [2.05, 4.69) is 65.4 Å². The van der Waals surface area contributed by atoms with E-state index in [1.165, 1.54) is 75.0 Å². The van der Waals surface area contributed by atoms with E-state index < -0.39 is 0 Å². The molecular formula is C37H51ClN4O2. The fraction of sp³-hybridized carbons (Fsp3) is 0.649. The molecule has 3 aliphatic heterocycles. The summed E-state index contributed by atoms with van der Waals surface area (Å²) < 4.78 is 12.5. The molecule has 1 aliphatic carbocycles. The van der Waals surface area contributed by atoms with Gasteiger partial charge in [-0.25, -0.2) is 0 Å². The number of rotatable bonds is 12. The molecule has 7 heteroatoms. The molecule has 6 rings (SSSR count). The molecule has 0 bridgehead atoms. The predicted octanol–water partition coefficient (Wildman–Crippen LogP) is 8.71. The Bertz CT molecular complexity index is 1270. The Kier molecular flexibility index (Phi) is 10.3. The number of nitrogens with zero attached hydrogens (tertiary/aromatic N) is 3. The van der Waals surface area contributed by atoms with Crippen molar-refractivity contribution in [1.29, 1.82) is 5.26 Å². The van der Waals surface area contributed by atoms with Crippen molar-refractivity contribution in [3.63, 3.8) is 0 Å². The normalized spacial score (nSPS) is 23.0. The zero-order valence-electron chi connectivity index (χ0n) is 26.8. The van der Waals surface area contributed by atoms with Crippen LogP contribution in [0.1, 0.15) is 101 Å². The van der Waals surface area contributed by atoms with E-state index in [1.807, 2.05) is 6.07 Å². The van der Waals surface area contributed by atoms with Gasteiger partial charge in [0.05, 0.1) is 23.4 Å². The number of piperidine rings is 1. The minimum Gasteiger partial charge on any atom is -0.381 e. The lowest BCUT2D eigenvalue weighted by Crippen LogP contribution is -2.58. The Hall–Kier alpha value is -2.46. The minimum absolute atomic E-state index is 0.0174. The minimum atomic E-state index is -0.174. The van der Waals surface area contributed by atoms with Crippen LogP contribution in [0.5, 0.6) is 0 Å². The number of nitriles is 1. The molecule has 0 aromatic heterocycles. The Morgan fingerprint density at radius 2 is 1.68 bits per heavy atom. The van der Waals surface area contributed by atoms with Gasteiger partial charge in [0, 0.05) is 79.5 Å². The fourth-order valence-corrected chi connectivity index (χ4v) is 8.30. The number of halogens is 1. The molecule has 238 valence electrons. The van der Waals surface area contributed by atoms with Gasteiger partial charge in [-0.2, -0.15) is 5.26 Å². The fourth-order valence-electron chi connectivity index (χ4n) is 8.01. The van der Waals surface area contributed by atoms with E-state index in [1.54, 1.807) is 0 Å². The SMILES string of the molecule is CCCCOC(OCCCC)C1CCC2(CC1)CN(c1ccc(C3CCCN(c4ccc(Cl)c5c4NCC5C#N)C3)cc1)C2. The smallest absolute Gasteiger partial charge is 0.160 e. The summed E-state index contributed by atoms with van der Waals surface area (Å²) >= 11 is 6.52. The zero-order chi connectivity index (χ0) is 30.5. The first kappa shape index (κ1) is 31.5. The van der Waals surface area contributed by atoms with Crippen LogP contribution in [-0.4, -0.2) is 52.2 Å². The molecule has 2 saturated heterocycles. The lowest BCUT2D eigenvalue weighted by atomic mass is 9.65. The molecule has 2 atom stereocenters. The number of fused-ring (bicyclic) bond motifs is 1. The Balaban J connectivity index is 1.02. The second kappa shape index (κ2) is 14.3. The van der Waals surface area contributed by atoms with E-state index in [9.17, 15) is 5.26 Å². The zero-order valence-corrected chi connectivity index (χ0v) is 27.6. The van der Waals surface area contributed by atoms with Gasteiger partial charge >= 0.3 is 0 Å². The van der Waals surface area contributed by atoms with Crippen LogP contribution in [-0.2, 0) is 9.47 Å². The highest BCUT2D eigenvalue weighted by Crippen LogP contribution is 2.49. The van der Waals surface area contributed by atoms with Gasteiger partial charge in [-0.3, -0.25) is 0 Å². The molecule has 2 unspecified atom stereocenters. The van der Waals surface area contributed by atoms with Crippen LogP contribution in [0.3, 0.4) is 0 Å². The van der Waals surface area contributed by atoms with Crippen LogP contribution in [0.2, 0.25) is 5.02 Å². The third-order valence-electron chi connectivity index (χ3n) is 10.7. The summed E-state index contributed by atoms with van der Waals surface area (Å²) in [4.78, 5) is 5.08. The maximum atomic E-state index is 9.61. The largest absolute Gasteiger partial charge is 0.381 e. The summed E-state index contributed by atoms with van der Waals surface area (Å²) in [6.07, 6.45) is 11.9. The predicted molar refractivity (Wildman–Crippen MR) is 181 cm³/mol. The van der Waals surface area contributed by atoms with Gasteiger partial charge in [0.25, 0.3) is 0 Å². The Labute approximate surface area is 270 Å². The maximum Gasteiger partial charge on any atom is 0.160 e. The van der Waals surface area contributed by atoms with Gasteiger partial charge in [-0.05, 0) is 81.2 Å². The van der Waals surface area contributed by atoms with Crippen molar-refractivity contribution in [2.24, 2.45) is 11.3 Å². The highest BCUT2D eigenvalue weighted by atomic mass is 35.5. The Morgan fingerprint density at radius 1 is 0.977 bits per heavy atom. The monoisotopic (exact) mass is 618 g/mol. The van der Waals surface area contributed by atoms with Crippen molar-refractivity contribution in [2.45, 2.75) is 96.2 Å². The number of benzene rings is 2. The topological polar surface area (TPSA) is 60.8 Å².